The smallest absolute Gasteiger partial charge is 0.416 e. The number of hydrogen-bond donors (Lipinski definition) is 3. The predicted molar refractivity (Wildman–Crippen MR) is 150 cm³/mol. The summed E-state index contributed by atoms with van der Waals surface area (Å²) in [5, 5.41) is 6.38. The van der Waals surface area contributed by atoms with Crippen LogP contribution in [0.1, 0.15) is 61.0 Å². The number of hydrogen-bond acceptors (Lipinski definition) is 5. The van der Waals surface area contributed by atoms with Crippen LogP contribution >= 0.6 is 0 Å². The molecular formula is C30H34F3N3O4S. The fourth-order valence-corrected chi connectivity index (χ4v) is 5.92. The van der Waals surface area contributed by atoms with Gasteiger partial charge in [0.2, 0.25) is 15.9 Å². The zero-order chi connectivity index (χ0) is 29.6. The standard InChI is InChI=1S/C30H34F3N3O4S/c1-20(2)18-34-19-21-11-12-25-26(13-14-40-28(25)15-21)35-29(37)17-27(22-7-4-3-5-8-22)36-41(38,39)24-10-6-9-23(16-24)30(31,32)33/h3-12,15-16,20,26-27,34,36H,13-14,17-19H2,1-2H3,(H,35,37)/t26?,27-/m1/s1. The number of alkyl halides is 3. The van der Waals surface area contributed by atoms with Crippen molar-refractivity contribution in [2.45, 2.75) is 56.4 Å². The van der Waals surface area contributed by atoms with Crippen molar-refractivity contribution in [3.8, 4) is 5.75 Å². The topological polar surface area (TPSA) is 96.5 Å². The molecule has 3 aromatic rings. The summed E-state index contributed by atoms with van der Waals surface area (Å²) in [4.78, 5) is 12.7. The van der Waals surface area contributed by atoms with Crippen molar-refractivity contribution < 1.29 is 31.1 Å². The maximum atomic E-state index is 13.2. The van der Waals surface area contributed by atoms with E-state index in [-0.39, 0.29) is 12.5 Å². The number of sulfonamides is 1. The Hall–Kier alpha value is -3.41. The number of halogens is 3. The molecule has 4 rings (SSSR count). The van der Waals surface area contributed by atoms with Gasteiger partial charge >= 0.3 is 6.18 Å². The molecule has 0 radical (unpaired) electrons. The van der Waals surface area contributed by atoms with Gasteiger partial charge in [-0.3, -0.25) is 4.79 Å². The van der Waals surface area contributed by atoms with Crippen LogP contribution in [-0.2, 0) is 27.5 Å². The summed E-state index contributed by atoms with van der Waals surface area (Å²) >= 11 is 0. The lowest BCUT2D eigenvalue weighted by Crippen LogP contribution is -2.36. The number of ether oxygens (including phenoxy) is 1. The van der Waals surface area contributed by atoms with Crippen LogP contribution in [0.5, 0.6) is 5.75 Å². The second-order valence-electron chi connectivity index (χ2n) is 10.5. The number of nitrogens with one attached hydrogen (secondary N) is 3. The molecule has 0 aliphatic carbocycles. The van der Waals surface area contributed by atoms with Gasteiger partial charge in [0.05, 0.1) is 29.1 Å². The quantitative estimate of drug-likeness (QED) is 0.275. The van der Waals surface area contributed by atoms with Crippen molar-refractivity contribution in [2.24, 2.45) is 5.92 Å². The van der Waals surface area contributed by atoms with Crippen LogP contribution in [0.15, 0.2) is 77.7 Å². The number of carbonyl (C=O) groups excluding carboxylic acids is 1. The highest BCUT2D eigenvalue weighted by Gasteiger charge is 2.33. The molecule has 0 spiro atoms. The number of amides is 1. The molecule has 7 nitrogen and oxygen atoms in total. The molecule has 41 heavy (non-hydrogen) atoms. The van der Waals surface area contributed by atoms with Crippen molar-refractivity contribution in [2.75, 3.05) is 13.2 Å². The number of fused-ring (bicyclic) bond motifs is 1. The summed E-state index contributed by atoms with van der Waals surface area (Å²) in [7, 11) is -4.39. The fourth-order valence-electron chi connectivity index (χ4n) is 4.65. The molecule has 220 valence electrons. The zero-order valence-corrected chi connectivity index (χ0v) is 23.7. The van der Waals surface area contributed by atoms with E-state index in [2.05, 4.69) is 29.2 Å². The molecular weight excluding hydrogens is 555 g/mol. The minimum absolute atomic E-state index is 0.258. The Balaban J connectivity index is 1.49. The molecule has 1 aliphatic heterocycles. The second-order valence-corrected chi connectivity index (χ2v) is 12.2. The van der Waals surface area contributed by atoms with E-state index in [4.69, 9.17) is 4.74 Å². The van der Waals surface area contributed by atoms with E-state index >= 15 is 0 Å². The Bertz CT molecular complexity index is 1450. The Kier molecular flexibility index (Phi) is 9.72. The molecule has 3 aromatic carbocycles. The van der Waals surface area contributed by atoms with Crippen LogP contribution in [0.3, 0.4) is 0 Å². The molecule has 0 fully saturated rings. The van der Waals surface area contributed by atoms with Crippen LogP contribution in [0.2, 0.25) is 0 Å². The first kappa shape index (κ1) is 30.5. The molecule has 1 heterocycles. The molecule has 3 N–H and O–H groups in total. The summed E-state index contributed by atoms with van der Waals surface area (Å²) < 4.78 is 74.2. The second kappa shape index (κ2) is 13.1. The van der Waals surface area contributed by atoms with Crippen molar-refractivity contribution in [1.29, 1.82) is 0 Å². The van der Waals surface area contributed by atoms with Gasteiger partial charge in [-0.25, -0.2) is 13.1 Å². The Labute approximate surface area is 238 Å². The van der Waals surface area contributed by atoms with Crippen LogP contribution < -0.4 is 20.1 Å². The van der Waals surface area contributed by atoms with Gasteiger partial charge in [0.1, 0.15) is 5.75 Å². The lowest BCUT2D eigenvalue weighted by Gasteiger charge is -2.28. The van der Waals surface area contributed by atoms with E-state index < -0.39 is 38.6 Å². The van der Waals surface area contributed by atoms with Crippen LogP contribution in [0.4, 0.5) is 13.2 Å². The van der Waals surface area contributed by atoms with Crippen LogP contribution in [-0.4, -0.2) is 27.5 Å². The van der Waals surface area contributed by atoms with Crippen molar-refractivity contribution in [3.63, 3.8) is 0 Å². The van der Waals surface area contributed by atoms with Gasteiger partial charge in [-0.1, -0.05) is 62.4 Å². The fraction of sp³-hybridized carbons (Fsp3) is 0.367. The van der Waals surface area contributed by atoms with Crippen molar-refractivity contribution >= 4 is 15.9 Å². The van der Waals surface area contributed by atoms with Crippen LogP contribution in [0.25, 0.3) is 0 Å². The molecule has 1 aliphatic rings. The summed E-state index contributed by atoms with van der Waals surface area (Å²) in [6.07, 6.45) is -4.42. The van der Waals surface area contributed by atoms with E-state index in [1.165, 1.54) is 0 Å². The van der Waals surface area contributed by atoms with E-state index in [0.717, 1.165) is 35.9 Å². The summed E-state index contributed by atoms with van der Waals surface area (Å²) in [6.45, 7) is 6.25. The maximum absolute atomic E-state index is 13.2. The summed E-state index contributed by atoms with van der Waals surface area (Å²) in [5.74, 6) is 0.805. The third kappa shape index (κ3) is 8.31. The van der Waals surface area contributed by atoms with Gasteiger partial charge < -0.3 is 15.4 Å². The number of carbonyl (C=O) groups is 1. The highest BCUT2D eigenvalue weighted by molar-refractivity contribution is 7.89. The Morgan fingerprint density at radius 3 is 2.49 bits per heavy atom. The number of rotatable bonds is 11. The SMILES string of the molecule is CC(C)CNCc1ccc2c(c1)OCCC2NC(=O)C[C@@H](NS(=O)(=O)c1cccc(C(F)(F)F)c1)c1ccccc1. The third-order valence-electron chi connectivity index (χ3n) is 6.69. The third-order valence-corrected chi connectivity index (χ3v) is 8.16. The average Bonchev–Trinajstić information content (AvgIpc) is 2.92. The molecule has 2 atom stereocenters. The van der Waals surface area contributed by atoms with Gasteiger partial charge in [-0.05, 0) is 47.9 Å². The maximum Gasteiger partial charge on any atom is 0.416 e. The Morgan fingerprint density at radius 1 is 1.02 bits per heavy atom. The molecule has 1 unspecified atom stereocenters. The highest BCUT2D eigenvalue weighted by Crippen LogP contribution is 2.34. The molecule has 0 saturated carbocycles. The van der Waals surface area contributed by atoms with Gasteiger partial charge in [0.25, 0.3) is 0 Å². The summed E-state index contributed by atoms with van der Waals surface area (Å²) in [6, 6.07) is 16.5. The van der Waals surface area contributed by atoms with Crippen molar-refractivity contribution in [1.82, 2.24) is 15.4 Å². The Morgan fingerprint density at radius 2 is 1.78 bits per heavy atom. The van der Waals surface area contributed by atoms with Gasteiger partial charge in [0.15, 0.2) is 0 Å². The zero-order valence-electron chi connectivity index (χ0n) is 22.9. The average molecular weight is 590 g/mol. The normalized spacial score (nSPS) is 16.1. The lowest BCUT2D eigenvalue weighted by molar-refractivity contribution is -0.137. The lowest BCUT2D eigenvalue weighted by atomic mass is 9.98. The first-order valence-corrected chi connectivity index (χ1v) is 14.9. The molecule has 1 amide bonds. The monoisotopic (exact) mass is 589 g/mol. The van der Waals surface area contributed by atoms with Gasteiger partial charge in [-0.15, -0.1) is 0 Å². The van der Waals surface area contributed by atoms with Gasteiger partial charge in [-0.2, -0.15) is 13.2 Å². The molecule has 11 heteroatoms. The van der Waals surface area contributed by atoms with E-state index in [1.807, 2.05) is 18.2 Å². The first-order valence-electron chi connectivity index (χ1n) is 13.4. The minimum atomic E-state index is -4.70. The largest absolute Gasteiger partial charge is 0.493 e. The van der Waals surface area contributed by atoms with E-state index in [0.29, 0.717) is 42.9 Å². The van der Waals surface area contributed by atoms with E-state index in [1.54, 1.807) is 30.3 Å². The molecule has 0 aromatic heterocycles. The van der Waals surface area contributed by atoms with Crippen LogP contribution in [0, 0.1) is 5.92 Å². The van der Waals surface area contributed by atoms with Gasteiger partial charge in [0, 0.05) is 24.9 Å². The minimum Gasteiger partial charge on any atom is -0.493 e. The predicted octanol–water partition coefficient (Wildman–Crippen LogP) is 5.50. The van der Waals surface area contributed by atoms with E-state index in [9.17, 15) is 26.4 Å². The van der Waals surface area contributed by atoms with Crippen molar-refractivity contribution in [3.05, 3.63) is 95.1 Å². The first-order chi connectivity index (χ1) is 19.4. The molecule has 0 saturated heterocycles. The summed E-state index contributed by atoms with van der Waals surface area (Å²) in [5.41, 5.74) is 1.32. The number of benzene rings is 3. The highest BCUT2D eigenvalue weighted by atomic mass is 32.2. The molecule has 0 bridgehead atoms.